The van der Waals surface area contributed by atoms with Crippen molar-refractivity contribution < 1.29 is 14.3 Å². The minimum absolute atomic E-state index is 0.0220. The summed E-state index contributed by atoms with van der Waals surface area (Å²) in [6.45, 7) is 7.05. The van der Waals surface area contributed by atoms with Gasteiger partial charge in [0.05, 0.1) is 18.9 Å². The maximum Gasteiger partial charge on any atom is 0.260 e. The van der Waals surface area contributed by atoms with Crippen molar-refractivity contribution in [3.63, 3.8) is 0 Å². The highest BCUT2D eigenvalue weighted by atomic mass is 32.1. The second-order valence-electron chi connectivity index (χ2n) is 5.47. The molecule has 0 aliphatic carbocycles. The van der Waals surface area contributed by atoms with Crippen molar-refractivity contribution in [1.29, 1.82) is 0 Å². The lowest BCUT2D eigenvalue weighted by Gasteiger charge is -2.26. The number of hydrogen-bond donors (Lipinski definition) is 2. The van der Waals surface area contributed by atoms with Gasteiger partial charge < -0.3 is 19.7 Å². The van der Waals surface area contributed by atoms with E-state index in [4.69, 9.17) is 21.7 Å². The SMILES string of the molecule is CCNC(=S)N/N=C(/C)c1ccc(OCC(=O)N2CCOCC2)cc1. The molecular weight excluding hydrogens is 340 g/mol. The number of carbonyl (C=O) groups excluding carboxylic acids is 1. The summed E-state index contributed by atoms with van der Waals surface area (Å²) in [5.41, 5.74) is 4.53. The Labute approximate surface area is 153 Å². The fourth-order valence-electron chi connectivity index (χ4n) is 2.24. The van der Waals surface area contributed by atoms with Crippen LogP contribution in [0.4, 0.5) is 0 Å². The minimum Gasteiger partial charge on any atom is -0.484 e. The third kappa shape index (κ3) is 6.32. The van der Waals surface area contributed by atoms with Crippen molar-refractivity contribution in [3.8, 4) is 5.75 Å². The number of carbonyl (C=O) groups is 1. The van der Waals surface area contributed by atoms with E-state index in [1.807, 2.05) is 38.1 Å². The molecule has 1 saturated heterocycles. The molecule has 0 aromatic heterocycles. The van der Waals surface area contributed by atoms with Crippen molar-refractivity contribution in [2.24, 2.45) is 5.10 Å². The first kappa shape index (κ1) is 19.1. The molecule has 1 fully saturated rings. The lowest BCUT2D eigenvalue weighted by molar-refractivity contribution is -0.137. The van der Waals surface area contributed by atoms with E-state index in [0.29, 0.717) is 37.2 Å². The first-order valence-corrected chi connectivity index (χ1v) is 8.68. The third-order valence-corrected chi connectivity index (χ3v) is 3.90. The lowest BCUT2D eigenvalue weighted by atomic mass is 10.1. The van der Waals surface area contributed by atoms with Crippen LogP contribution < -0.4 is 15.5 Å². The summed E-state index contributed by atoms with van der Waals surface area (Å²) >= 11 is 5.06. The molecule has 7 nitrogen and oxygen atoms in total. The number of thiocarbonyl (C=S) groups is 1. The van der Waals surface area contributed by atoms with E-state index in [0.717, 1.165) is 17.8 Å². The second-order valence-corrected chi connectivity index (χ2v) is 5.88. The molecule has 0 spiro atoms. The summed E-state index contributed by atoms with van der Waals surface area (Å²) in [7, 11) is 0. The van der Waals surface area contributed by atoms with Crippen LogP contribution in [0.3, 0.4) is 0 Å². The number of rotatable bonds is 6. The zero-order valence-electron chi connectivity index (χ0n) is 14.6. The smallest absolute Gasteiger partial charge is 0.260 e. The number of nitrogens with one attached hydrogen (secondary N) is 2. The number of benzene rings is 1. The van der Waals surface area contributed by atoms with Crippen LogP contribution >= 0.6 is 12.2 Å². The van der Waals surface area contributed by atoms with E-state index in [-0.39, 0.29) is 12.5 Å². The highest BCUT2D eigenvalue weighted by molar-refractivity contribution is 7.80. The Balaban J connectivity index is 1.83. The van der Waals surface area contributed by atoms with Crippen LogP contribution in [0, 0.1) is 0 Å². The Morgan fingerprint density at radius 3 is 2.64 bits per heavy atom. The Bertz CT molecular complexity index is 613. The van der Waals surface area contributed by atoms with E-state index < -0.39 is 0 Å². The standard InChI is InChI=1S/C17H24N4O3S/c1-3-18-17(25)20-19-13(2)14-4-6-15(7-5-14)24-12-16(22)21-8-10-23-11-9-21/h4-7H,3,8-12H2,1-2H3,(H2,18,20,25)/b19-13-. The molecule has 0 bridgehead atoms. The monoisotopic (exact) mass is 364 g/mol. The van der Waals surface area contributed by atoms with Gasteiger partial charge in [0.15, 0.2) is 11.7 Å². The van der Waals surface area contributed by atoms with E-state index in [1.54, 1.807) is 4.90 Å². The summed E-state index contributed by atoms with van der Waals surface area (Å²) in [6.07, 6.45) is 0. The molecule has 8 heteroatoms. The number of morpholine rings is 1. The van der Waals surface area contributed by atoms with Gasteiger partial charge in [-0.2, -0.15) is 5.10 Å². The maximum absolute atomic E-state index is 12.0. The summed E-state index contributed by atoms with van der Waals surface area (Å²) in [6, 6.07) is 7.43. The zero-order valence-corrected chi connectivity index (χ0v) is 15.4. The Morgan fingerprint density at radius 1 is 1.32 bits per heavy atom. The third-order valence-electron chi connectivity index (χ3n) is 3.66. The predicted molar refractivity (Wildman–Crippen MR) is 101 cm³/mol. The van der Waals surface area contributed by atoms with E-state index in [1.165, 1.54) is 0 Å². The molecule has 25 heavy (non-hydrogen) atoms. The molecule has 136 valence electrons. The average Bonchev–Trinajstić information content (AvgIpc) is 2.65. The molecule has 0 radical (unpaired) electrons. The van der Waals surface area contributed by atoms with Gasteiger partial charge in [-0.15, -0.1) is 0 Å². The summed E-state index contributed by atoms with van der Waals surface area (Å²) in [4.78, 5) is 13.8. The highest BCUT2D eigenvalue weighted by Gasteiger charge is 2.17. The molecule has 1 amide bonds. The van der Waals surface area contributed by atoms with Gasteiger partial charge in [-0.05, 0) is 55.9 Å². The first-order valence-electron chi connectivity index (χ1n) is 8.27. The van der Waals surface area contributed by atoms with Crippen LogP contribution in [0.25, 0.3) is 0 Å². The van der Waals surface area contributed by atoms with Crippen LogP contribution in [0.15, 0.2) is 29.4 Å². The molecule has 1 aromatic carbocycles. The molecule has 2 rings (SSSR count). The van der Waals surface area contributed by atoms with E-state index in [9.17, 15) is 4.79 Å². The minimum atomic E-state index is -0.0220. The summed E-state index contributed by atoms with van der Waals surface area (Å²) < 4.78 is 10.8. The molecule has 2 N–H and O–H groups in total. The van der Waals surface area contributed by atoms with Crippen molar-refractivity contribution in [2.75, 3.05) is 39.5 Å². The quantitative estimate of drug-likeness (QED) is 0.448. The number of hydrogen-bond acceptors (Lipinski definition) is 5. The number of hydrazone groups is 1. The normalized spacial score (nSPS) is 14.8. The lowest BCUT2D eigenvalue weighted by Crippen LogP contribution is -2.42. The topological polar surface area (TPSA) is 75.2 Å². The Hall–Kier alpha value is -2.19. The highest BCUT2D eigenvalue weighted by Crippen LogP contribution is 2.13. The average molecular weight is 364 g/mol. The second kappa shape index (κ2) is 9.95. The Morgan fingerprint density at radius 2 is 2.00 bits per heavy atom. The van der Waals surface area contributed by atoms with Gasteiger partial charge in [0.2, 0.25) is 0 Å². The van der Waals surface area contributed by atoms with Gasteiger partial charge in [0, 0.05) is 19.6 Å². The summed E-state index contributed by atoms with van der Waals surface area (Å²) in [5.74, 6) is 0.626. The van der Waals surface area contributed by atoms with Gasteiger partial charge in [-0.1, -0.05) is 0 Å². The van der Waals surface area contributed by atoms with Gasteiger partial charge in [-0.3, -0.25) is 10.2 Å². The van der Waals surface area contributed by atoms with Crippen LogP contribution in [-0.2, 0) is 9.53 Å². The van der Waals surface area contributed by atoms with Crippen LogP contribution in [-0.4, -0.2) is 61.1 Å². The van der Waals surface area contributed by atoms with Gasteiger partial charge in [0.1, 0.15) is 5.75 Å². The summed E-state index contributed by atoms with van der Waals surface area (Å²) in [5, 5.41) is 7.68. The molecule has 1 heterocycles. The molecule has 1 aliphatic heterocycles. The van der Waals surface area contributed by atoms with Gasteiger partial charge >= 0.3 is 0 Å². The molecule has 0 unspecified atom stereocenters. The van der Waals surface area contributed by atoms with Crippen molar-refractivity contribution in [2.45, 2.75) is 13.8 Å². The molecule has 0 saturated carbocycles. The molecule has 1 aliphatic rings. The number of nitrogens with zero attached hydrogens (tertiary/aromatic N) is 2. The first-order chi connectivity index (χ1) is 12.1. The Kier molecular flexibility index (Phi) is 7.62. The maximum atomic E-state index is 12.0. The van der Waals surface area contributed by atoms with Crippen LogP contribution in [0.2, 0.25) is 0 Å². The fraction of sp³-hybridized carbons (Fsp3) is 0.471. The van der Waals surface area contributed by atoms with E-state index in [2.05, 4.69) is 15.8 Å². The molecular formula is C17H24N4O3S. The number of ether oxygens (including phenoxy) is 2. The predicted octanol–water partition coefficient (Wildman–Crippen LogP) is 1.13. The van der Waals surface area contributed by atoms with Crippen molar-refractivity contribution in [3.05, 3.63) is 29.8 Å². The van der Waals surface area contributed by atoms with Crippen LogP contribution in [0.5, 0.6) is 5.75 Å². The van der Waals surface area contributed by atoms with Gasteiger partial charge in [0.25, 0.3) is 5.91 Å². The van der Waals surface area contributed by atoms with Crippen molar-refractivity contribution >= 4 is 28.9 Å². The molecule has 0 atom stereocenters. The van der Waals surface area contributed by atoms with E-state index >= 15 is 0 Å². The van der Waals surface area contributed by atoms with Gasteiger partial charge in [-0.25, -0.2) is 0 Å². The van der Waals surface area contributed by atoms with Crippen molar-refractivity contribution in [1.82, 2.24) is 15.6 Å². The fourth-order valence-corrected chi connectivity index (χ4v) is 2.43. The van der Waals surface area contributed by atoms with Crippen LogP contribution in [0.1, 0.15) is 19.4 Å². The zero-order chi connectivity index (χ0) is 18.1. The number of amides is 1. The molecule has 1 aromatic rings. The largest absolute Gasteiger partial charge is 0.484 e.